The smallest absolute Gasteiger partial charge is 0.342 e. The topological polar surface area (TPSA) is 69.7 Å². The monoisotopic (exact) mass is 496 g/mol. The molecule has 5 nitrogen and oxygen atoms in total. The van der Waals surface area contributed by atoms with E-state index in [-0.39, 0.29) is 10.9 Å². The first-order valence-electron chi connectivity index (χ1n) is 11.3. The lowest BCUT2D eigenvalue weighted by Gasteiger charge is -2.31. The van der Waals surface area contributed by atoms with Gasteiger partial charge in [-0.25, -0.2) is 9.59 Å². The second-order valence-corrected chi connectivity index (χ2v) is 11.3. The average molecular weight is 496 g/mol. The highest BCUT2D eigenvalue weighted by atomic mass is 31.2. The molecular weight excluding hydrogens is 471 g/mol. The lowest BCUT2D eigenvalue weighted by atomic mass is 10.1. The third-order valence-electron chi connectivity index (χ3n) is 5.93. The Balaban J connectivity index is 2.16. The van der Waals surface area contributed by atoms with Crippen LogP contribution in [0.15, 0.2) is 115 Å². The molecule has 0 N–H and O–H groups in total. The van der Waals surface area contributed by atoms with Crippen molar-refractivity contribution in [1.29, 1.82) is 0 Å². The molecule has 36 heavy (non-hydrogen) atoms. The Morgan fingerprint density at radius 2 is 0.917 bits per heavy atom. The Bertz CT molecular complexity index is 1320. The van der Waals surface area contributed by atoms with E-state index in [1.165, 1.54) is 38.5 Å². The molecule has 0 radical (unpaired) electrons. The number of Topliss-reactive ketones (excluding diaryl/α,β-unsaturated/α-hetero) is 1. The van der Waals surface area contributed by atoms with E-state index in [4.69, 9.17) is 9.47 Å². The van der Waals surface area contributed by atoms with E-state index < -0.39 is 24.6 Å². The standard InChI is InChI=1S/C30H25O5P/c1-34-29(32)23-20-18-22(19-21-23)27(31)28(30(33)35-2)36(24-12-6-3-7-13-24,25-14-8-4-9-15-25)26-16-10-5-11-17-26/h3-21H,1-2H3. The molecule has 180 valence electrons. The number of ketones is 1. The molecule has 4 rings (SSSR count). The van der Waals surface area contributed by atoms with Gasteiger partial charge in [0, 0.05) is 5.56 Å². The minimum atomic E-state index is -2.99. The van der Waals surface area contributed by atoms with Crippen LogP contribution in [0.2, 0.25) is 0 Å². The van der Waals surface area contributed by atoms with Gasteiger partial charge in [-0.15, -0.1) is 0 Å². The Morgan fingerprint density at radius 1 is 0.528 bits per heavy atom. The summed E-state index contributed by atoms with van der Waals surface area (Å²) in [5, 5.41) is 2.60. The van der Waals surface area contributed by atoms with Crippen LogP contribution in [0, 0.1) is 0 Å². The van der Waals surface area contributed by atoms with Crippen LogP contribution in [0.3, 0.4) is 0 Å². The van der Waals surface area contributed by atoms with E-state index in [0.29, 0.717) is 5.56 Å². The van der Waals surface area contributed by atoms with Crippen molar-refractivity contribution < 1.29 is 23.9 Å². The summed E-state index contributed by atoms with van der Waals surface area (Å²) in [5.74, 6) is -1.66. The molecule has 0 fully saturated rings. The first-order valence-corrected chi connectivity index (χ1v) is 13.1. The highest BCUT2D eigenvalue weighted by Gasteiger charge is 2.37. The van der Waals surface area contributed by atoms with Crippen LogP contribution < -0.4 is 15.9 Å². The Kier molecular flexibility index (Phi) is 7.62. The first-order chi connectivity index (χ1) is 17.5. The minimum absolute atomic E-state index is 0.0550. The van der Waals surface area contributed by atoms with Crippen LogP contribution in [0.1, 0.15) is 20.7 Å². The van der Waals surface area contributed by atoms with Crippen molar-refractivity contribution in [2.75, 3.05) is 14.2 Å². The number of hydrogen-bond acceptors (Lipinski definition) is 5. The fourth-order valence-corrected chi connectivity index (χ4v) is 8.61. The van der Waals surface area contributed by atoms with E-state index in [1.807, 2.05) is 91.0 Å². The normalized spacial score (nSPS) is 10.8. The molecule has 0 heterocycles. The number of benzene rings is 4. The maximum Gasteiger partial charge on any atom is 0.342 e. The van der Waals surface area contributed by atoms with Gasteiger partial charge in [0.25, 0.3) is 0 Å². The summed E-state index contributed by atoms with van der Waals surface area (Å²) in [4.78, 5) is 39.7. The van der Waals surface area contributed by atoms with Gasteiger partial charge >= 0.3 is 11.9 Å². The van der Waals surface area contributed by atoms with Crippen LogP contribution in [0.5, 0.6) is 0 Å². The van der Waals surface area contributed by atoms with Gasteiger partial charge in [-0.05, 0) is 34.9 Å². The summed E-state index contributed by atoms with van der Waals surface area (Å²) >= 11 is 0. The molecule has 0 saturated heterocycles. The predicted molar refractivity (Wildman–Crippen MR) is 144 cm³/mol. The highest BCUT2D eigenvalue weighted by molar-refractivity contribution is 7.97. The number of rotatable bonds is 7. The quantitative estimate of drug-likeness (QED) is 0.168. The third kappa shape index (κ3) is 4.53. The number of ether oxygens (including phenoxy) is 2. The molecule has 0 saturated carbocycles. The van der Waals surface area contributed by atoms with Crippen LogP contribution >= 0.6 is 6.89 Å². The molecule has 0 atom stereocenters. The lowest BCUT2D eigenvalue weighted by molar-refractivity contribution is -0.132. The zero-order valence-corrected chi connectivity index (χ0v) is 20.9. The van der Waals surface area contributed by atoms with Gasteiger partial charge in [-0.1, -0.05) is 103 Å². The largest absolute Gasteiger partial charge is 0.465 e. The number of esters is 2. The summed E-state index contributed by atoms with van der Waals surface area (Å²) < 4.78 is 10.0. The number of carbonyl (C=O) groups excluding carboxylic acids is 3. The zero-order chi connectivity index (χ0) is 25.5. The van der Waals surface area contributed by atoms with Gasteiger partial charge in [-0.2, -0.15) is 0 Å². The SMILES string of the molecule is COC(=O)C(C(=O)c1ccc(C(=O)OC)cc1)=P(c1ccccc1)(c1ccccc1)c1ccccc1. The van der Waals surface area contributed by atoms with Gasteiger partial charge in [0.1, 0.15) is 5.29 Å². The summed E-state index contributed by atoms with van der Waals surface area (Å²) in [5.41, 5.74) is 0.583. The Morgan fingerprint density at radius 3 is 1.28 bits per heavy atom. The molecule has 0 amide bonds. The maximum absolute atomic E-state index is 14.2. The molecule has 4 aromatic carbocycles. The fraction of sp³-hybridized carbons (Fsp3) is 0.0667. The molecule has 0 aliphatic rings. The number of carbonyl (C=O) groups is 3. The van der Waals surface area contributed by atoms with Crippen molar-refractivity contribution in [3.05, 3.63) is 126 Å². The second-order valence-electron chi connectivity index (χ2n) is 7.92. The molecule has 6 heteroatoms. The number of hydrogen-bond donors (Lipinski definition) is 0. The predicted octanol–water partition coefficient (Wildman–Crippen LogP) is 4.00. The van der Waals surface area contributed by atoms with E-state index in [9.17, 15) is 14.4 Å². The van der Waals surface area contributed by atoms with Crippen LogP contribution in [0.25, 0.3) is 0 Å². The summed E-state index contributed by atoms with van der Waals surface area (Å²) in [6, 6.07) is 34.9. The Labute approximate surface area is 210 Å². The summed E-state index contributed by atoms with van der Waals surface area (Å²) in [7, 11) is 2.58. The van der Waals surface area contributed by atoms with Crippen molar-refractivity contribution in [2.24, 2.45) is 0 Å². The number of methoxy groups -OCH3 is 2. The molecular formula is C30H25O5P. The van der Waals surface area contributed by atoms with Gasteiger partial charge in [0.15, 0.2) is 0 Å². The van der Waals surface area contributed by atoms with Gasteiger partial charge in [-0.3, -0.25) is 4.79 Å². The molecule has 4 aromatic rings. The van der Waals surface area contributed by atoms with Crippen molar-refractivity contribution in [1.82, 2.24) is 0 Å². The Hall–Kier alpha value is -4.21. The second kappa shape index (κ2) is 11.0. The minimum Gasteiger partial charge on any atom is -0.465 e. The van der Waals surface area contributed by atoms with E-state index in [2.05, 4.69) is 0 Å². The highest BCUT2D eigenvalue weighted by Crippen LogP contribution is 2.47. The van der Waals surface area contributed by atoms with Crippen molar-refractivity contribution >= 4 is 45.8 Å². The third-order valence-corrected chi connectivity index (χ3v) is 10.2. The summed E-state index contributed by atoms with van der Waals surface area (Å²) in [6.45, 7) is -2.99. The zero-order valence-electron chi connectivity index (χ0n) is 20.0. The van der Waals surface area contributed by atoms with Gasteiger partial charge in [0.2, 0.25) is 5.78 Å². The summed E-state index contributed by atoms with van der Waals surface area (Å²) in [6.07, 6.45) is 0. The van der Waals surface area contributed by atoms with Gasteiger partial charge < -0.3 is 9.47 Å². The van der Waals surface area contributed by atoms with E-state index >= 15 is 0 Å². The fourth-order valence-electron chi connectivity index (χ4n) is 4.28. The molecule has 0 bridgehead atoms. The average Bonchev–Trinajstić information content (AvgIpc) is 2.96. The maximum atomic E-state index is 14.2. The van der Waals surface area contributed by atoms with Crippen molar-refractivity contribution in [3.63, 3.8) is 0 Å². The molecule has 0 aliphatic carbocycles. The molecule has 0 aromatic heterocycles. The molecule has 0 spiro atoms. The van der Waals surface area contributed by atoms with E-state index in [0.717, 1.165) is 15.9 Å². The van der Waals surface area contributed by atoms with Crippen molar-refractivity contribution in [2.45, 2.75) is 0 Å². The van der Waals surface area contributed by atoms with Crippen LogP contribution in [-0.2, 0) is 14.3 Å². The first kappa shape index (κ1) is 24.9. The van der Waals surface area contributed by atoms with E-state index in [1.54, 1.807) is 0 Å². The lowest BCUT2D eigenvalue weighted by Crippen LogP contribution is -2.38. The molecule has 0 unspecified atom stereocenters. The van der Waals surface area contributed by atoms with Crippen molar-refractivity contribution in [3.8, 4) is 0 Å². The van der Waals surface area contributed by atoms with Crippen LogP contribution in [-0.4, -0.2) is 37.2 Å². The molecule has 0 aliphatic heterocycles. The van der Waals surface area contributed by atoms with Gasteiger partial charge in [0.05, 0.1) is 19.8 Å². The van der Waals surface area contributed by atoms with Crippen LogP contribution in [0.4, 0.5) is 0 Å².